The van der Waals surface area contributed by atoms with E-state index in [1.807, 2.05) is 6.07 Å². The quantitative estimate of drug-likeness (QED) is 0.681. The van der Waals surface area contributed by atoms with Crippen molar-refractivity contribution in [1.29, 1.82) is 5.26 Å². The lowest BCUT2D eigenvalue weighted by Gasteiger charge is -2.03. The Labute approximate surface area is 124 Å². The van der Waals surface area contributed by atoms with Gasteiger partial charge in [-0.25, -0.2) is 8.42 Å². The van der Waals surface area contributed by atoms with Crippen LogP contribution < -0.4 is 5.73 Å². The minimum atomic E-state index is -3.57. The first-order valence-electron chi connectivity index (χ1n) is 5.53. The number of benzene rings is 1. The second-order valence-corrected chi connectivity index (χ2v) is 7.45. The first kappa shape index (κ1) is 15.0. The normalized spacial score (nSPS) is 11.0. The van der Waals surface area contributed by atoms with Gasteiger partial charge >= 0.3 is 0 Å². The van der Waals surface area contributed by atoms with E-state index in [9.17, 15) is 18.5 Å². The summed E-state index contributed by atoms with van der Waals surface area (Å²) in [6.07, 6.45) is 1.02. The van der Waals surface area contributed by atoms with Crippen molar-refractivity contribution in [2.24, 2.45) is 0 Å². The Morgan fingerprint density at radius 1 is 1.33 bits per heavy atom. The van der Waals surface area contributed by atoms with Crippen LogP contribution in [0.15, 0.2) is 28.5 Å². The van der Waals surface area contributed by atoms with Crippen molar-refractivity contribution in [2.75, 3.05) is 12.0 Å². The topological polar surface area (TPSA) is 127 Å². The van der Waals surface area contributed by atoms with E-state index in [1.165, 1.54) is 24.3 Å². The molecule has 0 radical (unpaired) electrons. The second-order valence-electron chi connectivity index (χ2n) is 4.19. The Morgan fingerprint density at radius 2 is 1.90 bits per heavy atom. The summed E-state index contributed by atoms with van der Waals surface area (Å²) in [4.78, 5) is 10.1. The number of sulfone groups is 1. The largest absolute Gasteiger partial charge is 0.389 e. The third-order valence-corrected chi connectivity index (χ3v) is 5.57. The molecule has 1 heterocycles. The molecule has 0 aliphatic rings. The minimum absolute atomic E-state index is 0.0228. The van der Waals surface area contributed by atoms with Gasteiger partial charge in [0.25, 0.3) is 5.69 Å². The van der Waals surface area contributed by atoms with Crippen LogP contribution in [-0.2, 0) is 9.84 Å². The van der Waals surface area contributed by atoms with Gasteiger partial charge in [0, 0.05) is 24.0 Å². The molecule has 0 atom stereocenters. The maximum Gasteiger partial charge on any atom is 0.269 e. The molecule has 0 bridgehead atoms. The van der Waals surface area contributed by atoms with Crippen molar-refractivity contribution in [1.82, 2.24) is 0 Å². The van der Waals surface area contributed by atoms with Crippen LogP contribution in [-0.4, -0.2) is 19.6 Å². The zero-order valence-corrected chi connectivity index (χ0v) is 12.4. The Morgan fingerprint density at radius 3 is 2.33 bits per heavy atom. The highest BCUT2D eigenvalue weighted by atomic mass is 32.2. The van der Waals surface area contributed by atoms with Gasteiger partial charge in [-0.15, -0.1) is 11.3 Å². The minimum Gasteiger partial charge on any atom is -0.389 e. The molecule has 21 heavy (non-hydrogen) atoms. The number of hydrogen-bond donors (Lipinski definition) is 1. The van der Waals surface area contributed by atoms with Crippen LogP contribution in [0, 0.1) is 21.4 Å². The van der Waals surface area contributed by atoms with Gasteiger partial charge < -0.3 is 5.73 Å². The van der Waals surface area contributed by atoms with E-state index in [0.29, 0.717) is 5.56 Å². The molecular weight excluding hydrogens is 314 g/mol. The molecule has 2 aromatic rings. The smallest absolute Gasteiger partial charge is 0.269 e. The summed E-state index contributed by atoms with van der Waals surface area (Å²) in [7, 11) is -3.57. The molecule has 1 aromatic heterocycles. The van der Waals surface area contributed by atoms with E-state index in [0.717, 1.165) is 17.6 Å². The van der Waals surface area contributed by atoms with E-state index in [4.69, 9.17) is 11.0 Å². The molecule has 2 rings (SSSR count). The number of nitriles is 1. The van der Waals surface area contributed by atoms with Crippen LogP contribution in [0.3, 0.4) is 0 Å². The molecule has 0 fully saturated rings. The molecule has 0 saturated carbocycles. The van der Waals surface area contributed by atoms with Crippen molar-refractivity contribution < 1.29 is 13.3 Å². The highest BCUT2D eigenvalue weighted by molar-refractivity contribution is 7.93. The van der Waals surface area contributed by atoms with Crippen LogP contribution >= 0.6 is 11.3 Å². The highest BCUT2D eigenvalue weighted by Gasteiger charge is 2.24. The first-order chi connectivity index (χ1) is 9.75. The highest BCUT2D eigenvalue weighted by Crippen LogP contribution is 2.41. The van der Waals surface area contributed by atoms with Crippen LogP contribution in [0.4, 0.5) is 10.7 Å². The number of nitro groups is 1. The number of rotatable bonds is 3. The predicted molar refractivity (Wildman–Crippen MR) is 78.6 cm³/mol. The fourth-order valence-corrected chi connectivity index (χ4v) is 4.05. The first-order valence-corrected chi connectivity index (χ1v) is 8.23. The lowest BCUT2D eigenvalue weighted by Crippen LogP contribution is -1.97. The third-order valence-electron chi connectivity index (χ3n) is 2.72. The van der Waals surface area contributed by atoms with E-state index in [-0.39, 0.29) is 26.0 Å². The van der Waals surface area contributed by atoms with Crippen LogP contribution in [0.1, 0.15) is 5.56 Å². The van der Waals surface area contributed by atoms with Crippen molar-refractivity contribution in [2.45, 2.75) is 4.21 Å². The number of nitrogens with two attached hydrogens (primary N) is 1. The molecule has 9 heteroatoms. The van der Waals surface area contributed by atoms with E-state index >= 15 is 0 Å². The Bertz CT molecular complexity index is 861. The van der Waals surface area contributed by atoms with E-state index in [2.05, 4.69) is 0 Å². The van der Waals surface area contributed by atoms with Gasteiger partial charge in [-0.2, -0.15) is 5.26 Å². The van der Waals surface area contributed by atoms with E-state index < -0.39 is 14.8 Å². The van der Waals surface area contributed by atoms with Crippen LogP contribution in [0.25, 0.3) is 11.1 Å². The molecule has 0 unspecified atom stereocenters. The molecule has 108 valence electrons. The number of non-ortho nitro benzene ring substituents is 1. The van der Waals surface area contributed by atoms with Gasteiger partial charge in [0.05, 0.1) is 10.5 Å². The predicted octanol–water partition coefficient (Wildman–Crippen LogP) is 2.18. The van der Waals surface area contributed by atoms with Gasteiger partial charge in [0.2, 0.25) is 0 Å². The SMILES string of the molecule is CS(=O)(=O)c1sc(N)c(C#N)c1-c1ccc([N+](=O)[O-])cc1. The summed E-state index contributed by atoms with van der Waals surface area (Å²) in [6, 6.07) is 7.17. The zero-order chi connectivity index (χ0) is 15.8. The van der Waals surface area contributed by atoms with Crippen molar-refractivity contribution >= 4 is 31.9 Å². The third kappa shape index (κ3) is 2.72. The molecule has 0 aliphatic carbocycles. The summed E-state index contributed by atoms with van der Waals surface area (Å²) in [5.74, 6) is 0. The number of nitrogen functional groups attached to an aromatic ring is 1. The molecule has 0 aliphatic heterocycles. The average Bonchev–Trinajstić information content (AvgIpc) is 2.75. The summed E-state index contributed by atoms with van der Waals surface area (Å²) in [5, 5.41) is 19.9. The summed E-state index contributed by atoms with van der Waals surface area (Å²) in [5.41, 5.74) is 6.21. The van der Waals surface area contributed by atoms with Crippen LogP contribution in [0.2, 0.25) is 0 Å². The summed E-state index contributed by atoms with van der Waals surface area (Å²) >= 11 is 0.811. The molecule has 0 saturated heterocycles. The molecular formula is C12H9N3O4S2. The lowest BCUT2D eigenvalue weighted by molar-refractivity contribution is -0.384. The maximum atomic E-state index is 11.8. The Kier molecular flexibility index (Phi) is 3.67. The maximum absolute atomic E-state index is 11.8. The van der Waals surface area contributed by atoms with Gasteiger partial charge in [0.1, 0.15) is 15.3 Å². The summed E-state index contributed by atoms with van der Waals surface area (Å²) < 4.78 is 23.6. The molecule has 0 amide bonds. The Balaban J connectivity index is 2.73. The fourth-order valence-electron chi connectivity index (χ4n) is 1.81. The number of hydrogen-bond acceptors (Lipinski definition) is 7. The number of nitrogens with zero attached hydrogens (tertiary/aromatic N) is 2. The van der Waals surface area contributed by atoms with Gasteiger partial charge in [-0.05, 0) is 17.7 Å². The van der Waals surface area contributed by atoms with Crippen molar-refractivity contribution in [3.8, 4) is 17.2 Å². The van der Waals surface area contributed by atoms with E-state index in [1.54, 1.807) is 0 Å². The van der Waals surface area contributed by atoms with Crippen molar-refractivity contribution in [3.63, 3.8) is 0 Å². The van der Waals surface area contributed by atoms with Gasteiger partial charge in [0.15, 0.2) is 9.84 Å². The lowest BCUT2D eigenvalue weighted by atomic mass is 10.0. The zero-order valence-electron chi connectivity index (χ0n) is 10.7. The molecule has 7 nitrogen and oxygen atoms in total. The summed E-state index contributed by atoms with van der Waals surface area (Å²) in [6.45, 7) is 0. The van der Waals surface area contributed by atoms with Gasteiger partial charge in [-0.1, -0.05) is 0 Å². The Hall–Kier alpha value is -2.44. The molecule has 2 N–H and O–H groups in total. The number of anilines is 1. The van der Waals surface area contributed by atoms with Gasteiger partial charge in [-0.3, -0.25) is 10.1 Å². The number of nitro benzene ring substituents is 1. The molecule has 1 aromatic carbocycles. The fraction of sp³-hybridized carbons (Fsp3) is 0.0833. The average molecular weight is 323 g/mol. The monoisotopic (exact) mass is 323 g/mol. The van der Waals surface area contributed by atoms with Crippen molar-refractivity contribution in [3.05, 3.63) is 39.9 Å². The molecule has 0 spiro atoms. The van der Waals surface area contributed by atoms with Crippen LogP contribution in [0.5, 0.6) is 0 Å². The number of thiophene rings is 1. The second kappa shape index (κ2) is 5.16. The standard InChI is InChI=1S/C12H9N3O4S2/c1-21(18,19)12-10(9(6-13)11(14)20-12)7-2-4-8(5-3-7)15(16)17/h2-5H,14H2,1H3.